The molecule has 1 aromatic carbocycles. The van der Waals surface area contributed by atoms with Crippen molar-refractivity contribution in [3.8, 4) is 5.75 Å². The molecule has 0 aliphatic heterocycles. The van der Waals surface area contributed by atoms with E-state index in [9.17, 15) is 20.1 Å². The second kappa shape index (κ2) is 7.79. The summed E-state index contributed by atoms with van der Waals surface area (Å²) in [5.41, 5.74) is 1.53. The van der Waals surface area contributed by atoms with Crippen LogP contribution in [0.4, 0.5) is 0 Å². The van der Waals surface area contributed by atoms with E-state index in [2.05, 4.69) is 0 Å². The lowest BCUT2D eigenvalue weighted by Gasteiger charge is -2.18. The molecule has 2 aromatic heterocycles. The third kappa shape index (κ3) is 3.59. The van der Waals surface area contributed by atoms with Crippen molar-refractivity contribution in [2.24, 2.45) is 0 Å². The predicted octanol–water partition coefficient (Wildman–Crippen LogP) is 0.800. The first-order chi connectivity index (χ1) is 12.2. The highest BCUT2D eigenvalue weighted by molar-refractivity contribution is 7.12. The number of hydrogen-bond donors (Lipinski definition) is 4. The molecule has 0 saturated heterocycles. The number of carbonyl (C=O) groups is 1. The van der Waals surface area contributed by atoms with E-state index in [1.165, 1.54) is 23.7 Å². The van der Waals surface area contributed by atoms with Crippen LogP contribution in [0.3, 0.4) is 0 Å². The van der Waals surface area contributed by atoms with Gasteiger partial charge in [0.05, 0.1) is 29.2 Å². The average molecular weight is 362 g/mol. The molecule has 0 fully saturated rings. The number of phenols is 1. The fraction of sp³-hybridized carbons (Fsp3) is 0.278. The average Bonchev–Trinajstić information content (AvgIpc) is 3.26. The van der Waals surface area contributed by atoms with Crippen LogP contribution in [0.5, 0.6) is 5.75 Å². The molecular formula is C18H20NO5S+. The Hall–Kier alpha value is -2.19. The SMILES string of the molecule is O=C(c1cccs1)c1coc2ccc(O)c(C[NH+](CCO)CCO)c12. The van der Waals surface area contributed by atoms with Crippen molar-refractivity contribution in [1.82, 2.24) is 0 Å². The van der Waals surface area contributed by atoms with Crippen LogP contribution in [0.25, 0.3) is 11.0 Å². The maximum atomic E-state index is 12.8. The van der Waals surface area contributed by atoms with Gasteiger partial charge in [0.1, 0.15) is 37.2 Å². The molecule has 132 valence electrons. The summed E-state index contributed by atoms with van der Waals surface area (Å²) in [4.78, 5) is 14.3. The Morgan fingerprint density at radius 2 is 1.92 bits per heavy atom. The molecule has 0 aliphatic carbocycles. The normalized spacial score (nSPS) is 11.5. The minimum absolute atomic E-state index is 0.0293. The summed E-state index contributed by atoms with van der Waals surface area (Å²) < 4.78 is 5.53. The topological polar surface area (TPSA) is 95.3 Å². The Balaban J connectivity index is 2.06. The number of rotatable bonds is 8. The lowest BCUT2D eigenvalue weighted by atomic mass is 10.0. The van der Waals surface area contributed by atoms with Gasteiger partial charge in [0.25, 0.3) is 0 Å². The highest BCUT2D eigenvalue weighted by Crippen LogP contribution is 2.32. The molecule has 0 spiro atoms. The maximum absolute atomic E-state index is 12.8. The van der Waals surface area contributed by atoms with Crippen molar-refractivity contribution >= 4 is 28.1 Å². The number of nitrogens with one attached hydrogen (secondary N) is 1. The van der Waals surface area contributed by atoms with Gasteiger partial charge in [-0.1, -0.05) is 6.07 Å². The van der Waals surface area contributed by atoms with Gasteiger partial charge >= 0.3 is 0 Å². The fourth-order valence-corrected chi connectivity index (χ4v) is 3.62. The third-order valence-electron chi connectivity index (χ3n) is 4.17. The van der Waals surface area contributed by atoms with Crippen LogP contribution in [0.15, 0.2) is 40.3 Å². The van der Waals surface area contributed by atoms with Gasteiger partial charge in [-0.25, -0.2) is 0 Å². The molecule has 0 unspecified atom stereocenters. The van der Waals surface area contributed by atoms with Crippen LogP contribution in [0.1, 0.15) is 20.8 Å². The Morgan fingerprint density at radius 3 is 2.56 bits per heavy atom. The van der Waals surface area contributed by atoms with Crippen molar-refractivity contribution < 1.29 is 29.4 Å². The minimum Gasteiger partial charge on any atom is -0.507 e. The van der Waals surface area contributed by atoms with E-state index in [0.29, 0.717) is 46.6 Å². The van der Waals surface area contributed by atoms with Crippen LogP contribution in [0, 0.1) is 0 Å². The minimum atomic E-state index is -0.147. The predicted molar refractivity (Wildman–Crippen MR) is 94.2 cm³/mol. The molecule has 3 rings (SSSR count). The number of fused-ring (bicyclic) bond motifs is 1. The van der Waals surface area contributed by atoms with E-state index < -0.39 is 0 Å². The molecule has 2 heterocycles. The molecule has 3 aromatic rings. The summed E-state index contributed by atoms with van der Waals surface area (Å²) in [5.74, 6) is -0.0750. The zero-order valence-corrected chi connectivity index (χ0v) is 14.4. The van der Waals surface area contributed by atoms with E-state index in [0.717, 1.165) is 4.90 Å². The summed E-state index contributed by atoms with van der Waals surface area (Å²) >= 11 is 1.35. The first-order valence-electron chi connectivity index (χ1n) is 8.01. The number of thiophene rings is 1. The van der Waals surface area contributed by atoms with E-state index in [1.54, 1.807) is 12.1 Å². The lowest BCUT2D eigenvalue weighted by Crippen LogP contribution is -3.11. The van der Waals surface area contributed by atoms with Gasteiger partial charge in [-0.05, 0) is 23.6 Å². The first kappa shape index (κ1) is 17.6. The smallest absolute Gasteiger partial charge is 0.206 e. The van der Waals surface area contributed by atoms with Crippen LogP contribution in [0.2, 0.25) is 0 Å². The van der Waals surface area contributed by atoms with Gasteiger partial charge in [-0.15, -0.1) is 11.3 Å². The number of ketones is 1. The lowest BCUT2D eigenvalue weighted by molar-refractivity contribution is -0.914. The number of phenolic OH excluding ortho intramolecular Hbond substituents is 1. The molecule has 0 aliphatic rings. The van der Waals surface area contributed by atoms with Gasteiger partial charge in [-0.3, -0.25) is 4.79 Å². The van der Waals surface area contributed by atoms with Crippen molar-refractivity contribution in [1.29, 1.82) is 0 Å². The number of aromatic hydroxyl groups is 1. The third-order valence-corrected chi connectivity index (χ3v) is 5.04. The van der Waals surface area contributed by atoms with Crippen LogP contribution in [-0.2, 0) is 6.54 Å². The van der Waals surface area contributed by atoms with Crippen molar-refractivity contribution in [3.05, 3.63) is 51.9 Å². The second-order valence-electron chi connectivity index (χ2n) is 5.77. The number of quaternary nitrogens is 1. The van der Waals surface area contributed by atoms with E-state index in [1.807, 2.05) is 11.4 Å². The van der Waals surface area contributed by atoms with Gasteiger partial charge in [0, 0.05) is 5.39 Å². The van der Waals surface area contributed by atoms with E-state index in [-0.39, 0.29) is 24.7 Å². The molecular weight excluding hydrogens is 342 g/mol. The largest absolute Gasteiger partial charge is 0.507 e. The number of furan rings is 1. The number of hydrogen-bond acceptors (Lipinski definition) is 6. The molecule has 0 amide bonds. The Bertz CT molecular complexity index is 850. The molecule has 25 heavy (non-hydrogen) atoms. The van der Waals surface area contributed by atoms with Gasteiger partial charge in [-0.2, -0.15) is 0 Å². The number of aliphatic hydroxyl groups is 2. The fourth-order valence-electron chi connectivity index (χ4n) is 2.94. The van der Waals surface area contributed by atoms with Gasteiger partial charge in [0.15, 0.2) is 0 Å². The summed E-state index contributed by atoms with van der Waals surface area (Å²) in [5, 5.41) is 31.2. The Morgan fingerprint density at radius 1 is 1.16 bits per heavy atom. The summed E-state index contributed by atoms with van der Waals surface area (Å²) in [6.07, 6.45) is 1.42. The molecule has 0 atom stereocenters. The number of aliphatic hydroxyl groups excluding tert-OH is 2. The standard InChI is InChI=1S/C18H19NO5S/c20-7-5-19(6-8-21)10-12-14(22)3-4-15-17(12)13(11-24-15)18(23)16-2-1-9-25-16/h1-4,9,11,20-22H,5-8,10H2/p+1. The van der Waals surface area contributed by atoms with Gasteiger partial charge in [0.2, 0.25) is 5.78 Å². The summed E-state index contributed by atoms with van der Waals surface area (Å²) in [6, 6.07) is 6.74. The Kier molecular flexibility index (Phi) is 5.50. The monoisotopic (exact) mass is 362 g/mol. The van der Waals surface area contributed by atoms with Crippen LogP contribution < -0.4 is 4.90 Å². The van der Waals surface area contributed by atoms with E-state index in [4.69, 9.17) is 4.42 Å². The quantitative estimate of drug-likeness (QED) is 0.445. The van der Waals surface area contributed by atoms with Crippen molar-refractivity contribution in [3.63, 3.8) is 0 Å². The molecule has 4 N–H and O–H groups in total. The first-order valence-corrected chi connectivity index (χ1v) is 8.89. The molecule has 6 nitrogen and oxygen atoms in total. The molecule has 0 saturated carbocycles. The molecule has 7 heteroatoms. The van der Waals surface area contributed by atoms with E-state index >= 15 is 0 Å². The number of benzene rings is 1. The molecule has 0 bridgehead atoms. The van der Waals surface area contributed by atoms with Crippen molar-refractivity contribution in [2.45, 2.75) is 6.54 Å². The maximum Gasteiger partial charge on any atom is 0.206 e. The highest BCUT2D eigenvalue weighted by atomic mass is 32.1. The van der Waals surface area contributed by atoms with Crippen LogP contribution in [-0.4, -0.2) is 47.4 Å². The number of carbonyl (C=O) groups excluding carboxylic acids is 1. The van der Waals surface area contributed by atoms with Gasteiger partial charge < -0.3 is 24.6 Å². The molecule has 0 radical (unpaired) electrons. The Labute approximate surface area is 148 Å². The zero-order valence-electron chi connectivity index (χ0n) is 13.6. The summed E-state index contributed by atoms with van der Waals surface area (Å²) in [7, 11) is 0. The highest BCUT2D eigenvalue weighted by Gasteiger charge is 2.23. The zero-order chi connectivity index (χ0) is 17.8. The van der Waals surface area contributed by atoms with Crippen molar-refractivity contribution in [2.75, 3.05) is 26.3 Å². The van der Waals surface area contributed by atoms with Crippen LogP contribution >= 0.6 is 11.3 Å². The summed E-state index contributed by atoms with van der Waals surface area (Å²) in [6.45, 7) is 1.18. The second-order valence-corrected chi connectivity index (χ2v) is 6.71.